The number of imide groups is 1. The molecule has 0 radical (unpaired) electrons. The van der Waals surface area contributed by atoms with Crippen molar-refractivity contribution in [3.8, 4) is 0 Å². The van der Waals surface area contributed by atoms with Gasteiger partial charge in [-0.2, -0.15) is 0 Å². The summed E-state index contributed by atoms with van der Waals surface area (Å²) < 4.78 is 1.90. The topological polar surface area (TPSA) is 79.6 Å². The molecule has 25 heavy (non-hydrogen) atoms. The van der Waals surface area contributed by atoms with Crippen LogP contribution in [0.25, 0.3) is 5.65 Å². The fraction of sp³-hybridized carbons (Fsp3) is 0.222. The molecule has 1 saturated heterocycles. The standard InChI is InChI=1S/C18H17N5O2/c1-12-13(22-10-6-4-8-15(22)20-12)11-23-16(24)18(2,21-17(23)25)14-7-3-5-9-19-14/h3-10H,11H2,1-2H3,(H,21,25)/t18-/m0/s1. The van der Waals surface area contributed by atoms with Crippen molar-refractivity contribution in [2.24, 2.45) is 0 Å². The van der Waals surface area contributed by atoms with Gasteiger partial charge in [0.2, 0.25) is 0 Å². The molecule has 1 aliphatic heterocycles. The summed E-state index contributed by atoms with van der Waals surface area (Å²) in [4.78, 5) is 35.4. The van der Waals surface area contributed by atoms with Crippen molar-refractivity contribution in [1.29, 1.82) is 0 Å². The van der Waals surface area contributed by atoms with Gasteiger partial charge in [0.05, 0.1) is 23.6 Å². The van der Waals surface area contributed by atoms with Crippen LogP contribution < -0.4 is 5.32 Å². The van der Waals surface area contributed by atoms with Gasteiger partial charge in [-0.3, -0.25) is 14.7 Å². The SMILES string of the molecule is Cc1nc2ccccn2c1CN1C(=O)N[C@@](C)(c2ccccn2)C1=O. The molecule has 126 valence electrons. The molecule has 7 heteroatoms. The van der Waals surface area contributed by atoms with Crippen molar-refractivity contribution in [3.05, 3.63) is 65.9 Å². The van der Waals surface area contributed by atoms with Gasteiger partial charge in [0, 0.05) is 12.4 Å². The molecule has 1 aliphatic rings. The van der Waals surface area contributed by atoms with Crippen LogP contribution in [0.4, 0.5) is 4.79 Å². The Balaban J connectivity index is 1.71. The van der Waals surface area contributed by atoms with E-state index in [0.717, 1.165) is 17.0 Å². The first-order chi connectivity index (χ1) is 12.0. The van der Waals surface area contributed by atoms with Crippen molar-refractivity contribution in [1.82, 2.24) is 24.6 Å². The third kappa shape index (κ3) is 2.27. The van der Waals surface area contributed by atoms with Crippen LogP contribution in [0.5, 0.6) is 0 Å². The Morgan fingerprint density at radius 2 is 1.96 bits per heavy atom. The van der Waals surface area contributed by atoms with Crippen molar-refractivity contribution >= 4 is 17.6 Å². The Morgan fingerprint density at radius 3 is 2.72 bits per heavy atom. The molecule has 1 atom stereocenters. The minimum Gasteiger partial charge on any atom is -0.318 e. The van der Waals surface area contributed by atoms with E-state index >= 15 is 0 Å². The summed E-state index contributed by atoms with van der Waals surface area (Å²) in [7, 11) is 0. The van der Waals surface area contributed by atoms with Crippen LogP contribution >= 0.6 is 0 Å². The van der Waals surface area contributed by atoms with E-state index in [-0.39, 0.29) is 12.5 Å². The molecule has 0 spiro atoms. The van der Waals surface area contributed by atoms with Gasteiger partial charge in [0.15, 0.2) is 5.54 Å². The summed E-state index contributed by atoms with van der Waals surface area (Å²) in [6, 6.07) is 10.6. The number of amides is 3. The number of hydrogen-bond acceptors (Lipinski definition) is 4. The number of urea groups is 1. The van der Waals surface area contributed by atoms with Crippen LogP contribution in [0, 0.1) is 6.92 Å². The maximum absolute atomic E-state index is 13.0. The predicted octanol–water partition coefficient (Wildman–Crippen LogP) is 2.00. The lowest BCUT2D eigenvalue weighted by Gasteiger charge is -2.21. The highest BCUT2D eigenvalue weighted by Crippen LogP contribution is 2.28. The lowest BCUT2D eigenvalue weighted by Crippen LogP contribution is -2.41. The van der Waals surface area contributed by atoms with E-state index in [4.69, 9.17) is 0 Å². The maximum atomic E-state index is 13.0. The molecule has 7 nitrogen and oxygen atoms in total. The Morgan fingerprint density at radius 1 is 1.16 bits per heavy atom. The zero-order valence-corrected chi connectivity index (χ0v) is 13.9. The van der Waals surface area contributed by atoms with Crippen LogP contribution in [0.1, 0.15) is 24.0 Å². The molecular weight excluding hydrogens is 318 g/mol. The summed E-state index contributed by atoms with van der Waals surface area (Å²) in [5, 5.41) is 2.77. The van der Waals surface area contributed by atoms with E-state index in [1.807, 2.05) is 35.7 Å². The molecule has 3 amide bonds. The molecule has 0 bridgehead atoms. The van der Waals surface area contributed by atoms with Crippen LogP contribution in [-0.2, 0) is 16.9 Å². The number of fused-ring (bicyclic) bond motifs is 1. The maximum Gasteiger partial charge on any atom is 0.325 e. The van der Waals surface area contributed by atoms with Crippen LogP contribution in [0.2, 0.25) is 0 Å². The number of rotatable bonds is 3. The number of carbonyl (C=O) groups is 2. The highest BCUT2D eigenvalue weighted by atomic mass is 16.2. The monoisotopic (exact) mass is 335 g/mol. The molecule has 4 heterocycles. The third-order valence-electron chi connectivity index (χ3n) is 4.59. The van der Waals surface area contributed by atoms with Gasteiger partial charge >= 0.3 is 6.03 Å². The Bertz CT molecular complexity index is 982. The van der Waals surface area contributed by atoms with Gasteiger partial charge in [0.25, 0.3) is 5.91 Å². The van der Waals surface area contributed by atoms with Crippen molar-refractivity contribution in [2.75, 3.05) is 0 Å². The van der Waals surface area contributed by atoms with E-state index in [9.17, 15) is 9.59 Å². The van der Waals surface area contributed by atoms with Gasteiger partial charge in [0.1, 0.15) is 5.65 Å². The first-order valence-electron chi connectivity index (χ1n) is 7.99. The smallest absolute Gasteiger partial charge is 0.318 e. The Kier molecular flexibility index (Phi) is 3.31. The van der Waals surface area contributed by atoms with E-state index in [0.29, 0.717) is 5.69 Å². The van der Waals surface area contributed by atoms with Crippen LogP contribution in [-0.4, -0.2) is 31.2 Å². The molecule has 0 aromatic carbocycles. The minimum atomic E-state index is -1.16. The van der Waals surface area contributed by atoms with Crippen molar-refractivity contribution < 1.29 is 9.59 Å². The molecule has 4 rings (SSSR count). The van der Waals surface area contributed by atoms with Gasteiger partial charge in [-0.15, -0.1) is 0 Å². The van der Waals surface area contributed by atoms with Crippen molar-refractivity contribution in [2.45, 2.75) is 25.9 Å². The number of nitrogens with zero attached hydrogens (tertiary/aromatic N) is 4. The molecule has 3 aromatic rings. The number of nitrogens with one attached hydrogen (secondary N) is 1. The number of pyridine rings is 2. The van der Waals surface area contributed by atoms with E-state index in [2.05, 4.69) is 15.3 Å². The Labute approximate surface area is 144 Å². The first kappa shape index (κ1) is 15.3. The molecule has 0 saturated carbocycles. The minimum absolute atomic E-state index is 0.157. The zero-order chi connectivity index (χ0) is 17.6. The molecule has 1 N–H and O–H groups in total. The highest BCUT2D eigenvalue weighted by Gasteiger charge is 2.50. The number of carbonyl (C=O) groups excluding carboxylic acids is 2. The molecular formula is C18H17N5O2. The fourth-order valence-corrected chi connectivity index (χ4v) is 3.18. The highest BCUT2D eigenvalue weighted by molar-refractivity contribution is 6.06. The van der Waals surface area contributed by atoms with Gasteiger partial charge < -0.3 is 9.72 Å². The lowest BCUT2D eigenvalue weighted by atomic mass is 9.97. The molecule has 0 unspecified atom stereocenters. The zero-order valence-electron chi connectivity index (χ0n) is 13.9. The van der Waals surface area contributed by atoms with Crippen LogP contribution in [0.15, 0.2) is 48.8 Å². The van der Waals surface area contributed by atoms with Gasteiger partial charge in [-0.05, 0) is 38.1 Å². The summed E-state index contributed by atoms with van der Waals surface area (Å²) in [5.41, 5.74) is 1.75. The summed E-state index contributed by atoms with van der Waals surface area (Å²) in [6.45, 7) is 3.71. The first-order valence-corrected chi connectivity index (χ1v) is 7.99. The average Bonchev–Trinajstić information content (AvgIpc) is 3.05. The fourth-order valence-electron chi connectivity index (χ4n) is 3.18. The second-order valence-electron chi connectivity index (χ2n) is 6.23. The molecule has 0 aliphatic carbocycles. The van der Waals surface area contributed by atoms with E-state index < -0.39 is 11.6 Å². The van der Waals surface area contributed by atoms with E-state index in [1.165, 1.54) is 4.90 Å². The number of imidazole rings is 1. The van der Waals surface area contributed by atoms with E-state index in [1.54, 1.807) is 31.3 Å². The number of aryl methyl sites for hydroxylation is 1. The normalized spacial score (nSPS) is 20.3. The van der Waals surface area contributed by atoms with Crippen molar-refractivity contribution in [3.63, 3.8) is 0 Å². The summed E-state index contributed by atoms with van der Waals surface area (Å²) >= 11 is 0. The quantitative estimate of drug-likeness (QED) is 0.743. The second-order valence-corrected chi connectivity index (χ2v) is 6.23. The number of hydrogen-bond donors (Lipinski definition) is 1. The average molecular weight is 335 g/mol. The molecule has 1 fully saturated rings. The largest absolute Gasteiger partial charge is 0.325 e. The summed E-state index contributed by atoms with van der Waals surface area (Å²) in [5.74, 6) is -0.318. The lowest BCUT2D eigenvalue weighted by molar-refractivity contribution is -0.131. The van der Waals surface area contributed by atoms with Gasteiger partial charge in [-0.25, -0.2) is 9.78 Å². The Hall–Kier alpha value is -3.22. The third-order valence-corrected chi connectivity index (χ3v) is 4.59. The second kappa shape index (κ2) is 5.41. The summed E-state index contributed by atoms with van der Waals surface area (Å²) in [6.07, 6.45) is 3.48. The predicted molar refractivity (Wildman–Crippen MR) is 90.6 cm³/mol. The number of aromatic nitrogens is 3. The molecule has 3 aromatic heterocycles. The van der Waals surface area contributed by atoms with Crippen LogP contribution in [0.3, 0.4) is 0 Å². The van der Waals surface area contributed by atoms with Gasteiger partial charge in [-0.1, -0.05) is 12.1 Å².